The molecule has 11 heavy (non-hydrogen) atoms. The van der Waals surface area contributed by atoms with Gasteiger partial charge < -0.3 is 5.32 Å². The van der Waals surface area contributed by atoms with Crippen LogP contribution in [0.2, 0.25) is 0 Å². The minimum Gasteiger partial charge on any atom is -0.326 e. The summed E-state index contributed by atoms with van der Waals surface area (Å²) < 4.78 is 0. The molecular formula is C6H10N2O2S. The fraction of sp³-hybridized carbons (Fsp3) is 0.667. The topological polar surface area (TPSA) is 58.2 Å². The number of urea groups is 1. The van der Waals surface area contributed by atoms with Crippen molar-refractivity contribution in [3.63, 3.8) is 0 Å². The van der Waals surface area contributed by atoms with Crippen LogP contribution in [0.3, 0.4) is 0 Å². The summed E-state index contributed by atoms with van der Waals surface area (Å²) in [5.74, 6) is 0.683. The summed E-state index contributed by atoms with van der Waals surface area (Å²) in [7, 11) is 0. The molecule has 0 aromatic heterocycles. The van der Waals surface area contributed by atoms with E-state index in [0.717, 1.165) is 5.75 Å². The standard InChI is InChI=1S/C6H10N2O2S/c1-11-3-2-4-5(9)8-6(10)7-4/h4H,2-3H2,1H3,(H2,7,8,9,10)/i5-1. The van der Waals surface area contributed by atoms with Crippen LogP contribution in [0.25, 0.3) is 0 Å². The van der Waals surface area contributed by atoms with Crippen LogP contribution in [0.15, 0.2) is 0 Å². The minimum absolute atomic E-state index is 0.205. The Kier molecular flexibility index (Phi) is 2.76. The van der Waals surface area contributed by atoms with E-state index >= 15 is 0 Å². The van der Waals surface area contributed by atoms with Crippen LogP contribution in [-0.2, 0) is 4.79 Å². The first-order chi connectivity index (χ1) is 5.24. The second-order valence-corrected chi connectivity index (χ2v) is 3.28. The van der Waals surface area contributed by atoms with Gasteiger partial charge in [0.1, 0.15) is 6.04 Å². The Bertz CT molecular complexity index is 183. The first-order valence-corrected chi connectivity index (χ1v) is 4.73. The van der Waals surface area contributed by atoms with Crippen LogP contribution < -0.4 is 10.6 Å². The van der Waals surface area contributed by atoms with Crippen molar-refractivity contribution in [2.24, 2.45) is 0 Å². The first kappa shape index (κ1) is 8.39. The summed E-state index contributed by atoms with van der Waals surface area (Å²) in [6.07, 6.45) is 2.67. The van der Waals surface area contributed by atoms with Gasteiger partial charge in [0.25, 0.3) is 5.91 Å². The quantitative estimate of drug-likeness (QED) is 0.588. The maximum Gasteiger partial charge on any atom is 0.322 e. The lowest BCUT2D eigenvalue weighted by Gasteiger charge is -2.03. The second kappa shape index (κ2) is 3.61. The van der Waals surface area contributed by atoms with Gasteiger partial charge >= 0.3 is 6.03 Å². The van der Waals surface area contributed by atoms with E-state index in [2.05, 4.69) is 10.6 Å². The van der Waals surface area contributed by atoms with Crippen LogP contribution in [-0.4, -0.2) is 30.0 Å². The third-order valence-corrected chi connectivity index (χ3v) is 2.11. The highest BCUT2D eigenvalue weighted by molar-refractivity contribution is 7.98. The number of carbonyl (C=O) groups excluding carboxylic acids is 2. The SMILES string of the molecule is CSCCC1NC(=O)N[11C]1=O. The molecular weight excluding hydrogens is 163 g/mol. The molecule has 0 spiro atoms. The van der Waals surface area contributed by atoms with E-state index in [0.29, 0.717) is 6.42 Å². The van der Waals surface area contributed by atoms with Crippen molar-refractivity contribution in [1.82, 2.24) is 10.6 Å². The lowest BCUT2D eigenvalue weighted by Crippen LogP contribution is -2.29. The molecule has 62 valence electrons. The third kappa shape index (κ3) is 2.11. The number of thioether (sulfide) groups is 1. The fourth-order valence-electron chi connectivity index (χ4n) is 0.898. The van der Waals surface area contributed by atoms with Gasteiger partial charge in [0.05, 0.1) is 0 Å². The first-order valence-electron chi connectivity index (χ1n) is 3.34. The summed E-state index contributed by atoms with van der Waals surface area (Å²) in [5, 5.41) is 4.70. The summed E-state index contributed by atoms with van der Waals surface area (Å²) in [4.78, 5) is 21.5. The van der Waals surface area contributed by atoms with Crippen molar-refractivity contribution < 1.29 is 9.59 Å². The molecule has 3 amide bonds. The maximum absolute atomic E-state index is 10.9. The Labute approximate surface area is 69.1 Å². The van der Waals surface area contributed by atoms with E-state index in [9.17, 15) is 9.59 Å². The Balaban J connectivity index is 2.34. The molecule has 4 nitrogen and oxygen atoms in total. The molecule has 1 atom stereocenters. The molecule has 0 aromatic rings. The summed E-state index contributed by atoms with van der Waals surface area (Å²) in [6.45, 7) is 0. The van der Waals surface area contributed by atoms with Gasteiger partial charge in [-0.1, -0.05) is 0 Å². The predicted octanol–water partition coefficient (Wildman–Crippen LogP) is -0.0525. The highest BCUT2D eigenvalue weighted by Gasteiger charge is 2.28. The Morgan fingerprint density at radius 2 is 2.27 bits per heavy atom. The maximum atomic E-state index is 10.9. The predicted molar refractivity (Wildman–Crippen MR) is 43.5 cm³/mol. The largest absolute Gasteiger partial charge is 0.326 e. The second-order valence-electron chi connectivity index (χ2n) is 2.30. The van der Waals surface area contributed by atoms with E-state index in [1.54, 1.807) is 11.8 Å². The van der Waals surface area contributed by atoms with Crippen LogP contribution >= 0.6 is 11.8 Å². The number of rotatable bonds is 3. The third-order valence-electron chi connectivity index (χ3n) is 1.47. The summed E-state index contributed by atoms with van der Waals surface area (Å²) in [5.41, 5.74) is 0. The molecule has 0 aromatic carbocycles. The van der Waals surface area contributed by atoms with Crippen molar-refractivity contribution in [1.29, 1.82) is 0 Å². The van der Waals surface area contributed by atoms with Gasteiger partial charge in [-0.2, -0.15) is 11.8 Å². The van der Waals surface area contributed by atoms with Gasteiger partial charge in [0.2, 0.25) is 0 Å². The number of nitrogens with one attached hydrogen (secondary N) is 2. The zero-order valence-electron chi connectivity index (χ0n) is 6.22. The highest BCUT2D eigenvalue weighted by Crippen LogP contribution is 2.03. The molecule has 0 aliphatic carbocycles. The molecule has 5 heteroatoms. The van der Waals surface area contributed by atoms with Crippen LogP contribution in [0.5, 0.6) is 0 Å². The lowest BCUT2D eigenvalue weighted by molar-refractivity contribution is -0.120. The van der Waals surface area contributed by atoms with Crippen LogP contribution in [0, 0.1) is 0 Å². The lowest BCUT2D eigenvalue weighted by atomic mass is 9.89. The van der Waals surface area contributed by atoms with Crippen LogP contribution in [0.4, 0.5) is 4.79 Å². The highest BCUT2D eigenvalue weighted by atomic mass is 32.2. The monoisotopic (exact) mass is 173 g/mol. The Hall–Kier alpha value is -0.710. The van der Waals surface area contributed by atoms with Crippen molar-refractivity contribution >= 4 is 23.7 Å². The van der Waals surface area contributed by atoms with E-state index in [1.165, 1.54) is 0 Å². The molecule has 0 bridgehead atoms. The number of carbonyl (C=O) groups is 2. The normalized spacial score (nSPS) is 23.2. The van der Waals surface area contributed by atoms with Gasteiger partial charge in [-0.25, -0.2) is 4.79 Å². The number of amides is 3. The zero-order chi connectivity index (χ0) is 8.27. The fourth-order valence-corrected chi connectivity index (χ4v) is 1.37. The van der Waals surface area contributed by atoms with E-state index < -0.39 is 0 Å². The average molecular weight is 173 g/mol. The number of hydrogen-bond donors (Lipinski definition) is 2. The van der Waals surface area contributed by atoms with Crippen molar-refractivity contribution in [3.05, 3.63) is 0 Å². The van der Waals surface area contributed by atoms with Gasteiger partial charge in [-0.3, -0.25) is 10.1 Å². The molecule has 1 saturated heterocycles. The zero-order valence-corrected chi connectivity index (χ0v) is 7.03. The van der Waals surface area contributed by atoms with E-state index in [4.69, 9.17) is 0 Å². The average Bonchev–Trinajstić information content (AvgIpc) is 2.26. The summed E-state index contributed by atoms with van der Waals surface area (Å²) in [6, 6.07) is -0.684. The Morgan fingerprint density at radius 3 is 2.73 bits per heavy atom. The smallest absolute Gasteiger partial charge is 0.322 e. The molecule has 1 fully saturated rings. The van der Waals surface area contributed by atoms with Crippen molar-refractivity contribution in [2.75, 3.05) is 12.0 Å². The van der Waals surface area contributed by atoms with Crippen LogP contribution in [0.1, 0.15) is 6.42 Å². The molecule has 1 aliphatic heterocycles. The molecule has 0 saturated carbocycles. The number of imide groups is 1. The molecule has 1 heterocycles. The molecule has 2 N–H and O–H groups in total. The van der Waals surface area contributed by atoms with E-state index in [1.807, 2.05) is 6.26 Å². The van der Waals surface area contributed by atoms with Gasteiger partial charge in [-0.05, 0) is 18.4 Å². The molecule has 1 rings (SSSR count). The molecule has 1 aliphatic rings. The minimum atomic E-state index is -0.374. The van der Waals surface area contributed by atoms with Gasteiger partial charge in [0, 0.05) is 0 Å². The number of hydrogen-bond acceptors (Lipinski definition) is 3. The van der Waals surface area contributed by atoms with Gasteiger partial charge in [0.15, 0.2) is 0 Å². The molecule has 0 radical (unpaired) electrons. The van der Waals surface area contributed by atoms with E-state index in [-0.39, 0.29) is 18.0 Å². The van der Waals surface area contributed by atoms with Crippen molar-refractivity contribution in [3.8, 4) is 0 Å². The Morgan fingerprint density at radius 1 is 1.55 bits per heavy atom. The molecule has 1 unspecified atom stereocenters. The summed E-state index contributed by atoms with van der Waals surface area (Å²) >= 11 is 1.66. The van der Waals surface area contributed by atoms with Crippen molar-refractivity contribution in [2.45, 2.75) is 12.5 Å². The van der Waals surface area contributed by atoms with Gasteiger partial charge in [-0.15, -0.1) is 0 Å².